The summed E-state index contributed by atoms with van der Waals surface area (Å²) >= 11 is 0. The second-order valence-electron chi connectivity index (χ2n) is 10.6. The summed E-state index contributed by atoms with van der Waals surface area (Å²) in [6, 6.07) is 7.54. The third kappa shape index (κ3) is 5.65. The summed E-state index contributed by atoms with van der Waals surface area (Å²) in [5, 5.41) is 6.33. The molecule has 1 amide bonds. The molecule has 0 saturated heterocycles. The lowest BCUT2D eigenvalue weighted by atomic mass is 9.74. The van der Waals surface area contributed by atoms with Crippen LogP contribution in [0.25, 0.3) is 0 Å². The number of fused-ring (bicyclic) bond motifs is 1. The highest BCUT2D eigenvalue weighted by Gasteiger charge is 2.48. The van der Waals surface area contributed by atoms with Crippen molar-refractivity contribution in [3.8, 4) is 5.75 Å². The fourth-order valence-corrected chi connectivity index (χ4v) is 5.96. The number of amides is 1. The molecular weight excluding hydrogens is 510 g/mol. The molecule has 1 unspecified atom stereocenters. The van der Waals surface area contributed by atoms with Crippen LogP contribution in [0.4, 0.5) is 26.3 Å². The standard InChI is InChI=1S/C28H32F6N2O2/c1-16(2)26(10-9-20(14-26)36-23-8-7-22-21(23)5-4-6-24(22)38-3)25(37)35-15-17-11-18(27(29,30)31)13-19(12-17)28(32,33)34/h4-6,11-13,16,20,23,36H,7-10,14-15H2,1-3H3,(H,35,37)/t20-,23?,26+/m1/s1. The molecule has 38 heavy (non-hydrogen) atoms. The lowest BCUT2D eigenvalue weighted by Crippen LogP contribution is -2.44. The first-order valence-electron chi connectivity index (χ1n) is 12.7. The molecule has 10 heteroatoms. The molecule has 2 aliphatic carbocycles. The maximum Gasteiger partial charge on any atom is 0.416 e. The molecule has 0 spiro atoms. The molecule has 0 aromatic heterocycles. The quantitative estimate of drug-likeness (QED) is 0.378. The first-order valence-corrected chi connectivity index (χ1v) is 12.7. The zero-order valence-corrected chi connectivity index (χ0v) is 21.5. The van der Waals surface area contributed by atoms with Crippen LogP contribution in [0.15, 0.2) is 36.4 Å². The normalized spacial score (nSPS) is 23.5. The molecule has 4 rings (SSSR count). The minimum atomic E-state index is -4.94. The van der Waals surface area contributed by atoms with Gasteiger partial charge in [-0.2, -0.15) is 26.3 Å². The van der Waals surface area contributed by atoms with Crippen molar-refractivity contribution < 1.29 is 35.9 Å². The van der Waals surface area contributed by atoms with Crippen LogP contribution in [0.5, 0.6) is 5.75 Å². The van der Waals surface area contributed by atoms with E-state index in [-0.39, 0.29) is 35.5 Å². The highest BCUT2D eigenvalue weighted by atomic mass is 19.4. The van der Waals surface area contributed by atoms with Gasteiger partial charge in [0.15, 0.2) is 0 Å². The van der Waals surface area contributed by atoms with Crippen molar-refractivity contribution in [2.75, 3.05) is 7.11 Å². The Balaban J connectivity index is 1.47. The van der Waals surface area contributed by atoms with Crippen LogP contribution in [0.3, 0.4) is 0 Å². The Morgan fingerprint density at radius 1 is 1.05 bits per heavy atom. The van der Waals surface area contributed by atoms with Gasteiger partial charge in [-0.05, 0) is 79.0 Å². The van der Waals surface area contributed by atoms with Gasteiger partial charge in [-0.15, -0.1) is 0 Å². The van der Waals surface area contributed by atoms with Crippen molar-refractivity contribution in [3.05, 3.63) is 64.2 Å². The van der Waals surface area contributed by atoms with E-state index in [0.717, 1.165) is 25.0 Å². The van der Waals surface area contributed by atoms with Gasteiger partial charge in [-0.1, -0.05) is 26.0 Å². The number of carbonyl (C=O) groups is 1. The second-order valence-corrected chi connectivity index (χ2v) is 10.6. The van der Waals surface area contributed by atoms with Gasteiger partial charge in [-0.25, -0.2) is 0 Å². The molecular formula is C28H32F6N2O2. The van der Waals surface area contributed by atoms with Crippen LogP contribution < -0.4 is 15.4 Å². The van der Waals surface area contributed by atoms with E-state index in [4.69, 9.17) is 4.74 Å². The largest absolute Gasteiger partial charge is 0.496 e. The number of benzene rings is 2. The summed E-state index contributed by atoms with van der Waals surface area (Å²) in [6.45, 7) is 3.42. The lowest BCUT2D eigenvalue weighted by molar-refractivity contribution is -0.143. The Bertz CT molecular complexity index is 1140. The molecule has 2 aromatic carbocycles. The predicted octanol–water partition coefficient (Wildman–Crippen LogP) is 6.82. The molecule has 0 radical (unpaired) electrons. The van der Waals surface area contributed by atoms with Crippen molar-refractivity contribution in [2.45, 2.75) is 76.9 Å². The average molecular weight is 543 g/mol. The fourth-order valence-electron chi connectivity index (χ4n) is 5.96. The van der Waals surface area contributed by atoms with Crippen LogP contribution in [0.1, 0.15) is 73.4 Å². The number of rotatable bonds is 7. The van der Waals surface area contributed by atoms with Gasteiger partial charge in [0.05, 0.1) is 23.7 Å². The number of halogens is 6. The number of hydrogen-bond acceptors (Lipinski definition) is 3. The number of nitrogens with one attached hydrogen (secondary N) is 2. The van der Waals surface area contributed by atoms with Crippen LogP contribution in [-0.4, -0.2) is 19.1 Å². The minimum absolute atomic E-state index is 0.0516. The summed E-state index contributed by atoms with van der Waals surface area (Å²) < 4.78 is 84.8. The molecule has 0 bridgehead atoms. The second kappa shape index (κ2) is 10.4. The first kappa shape index (κ1) is 28.3. The van der Waals surface area contributed by atoms with Crippen molar-refractivity contribution >= 4 is 5.91 Å². The van der Waals surface area contributed by atoms with E-state index >= 15 is 0 Å². The maximum absolute atomic E-state index is 13.4. The first-order chi connectivity index (χ1) is 17.7. The molecule has 2 aliphatic rings. The fraction of sp³-hybridized carbons (Fsp3) is 0.536. The van der Waals surface area contributed by atoms with E-state index in [1.54, 1.807) is 7.11 Å². The van der Waals surface area contributed by atoms with Crippen molar-refractivity contribution in [1.82, 2.24) is 10.6 Å². The topological polar surface area (TPSA) is 50.4 Å². The average Bonchev–Trinajstić information content (AvgIpc) is 3.47. The minimum Gasteiger partial charge on any atom is -0.496 e. The summed E-state index contributed by atoms with van der Waals surface area (Å²) in [5.74, 6) is 0.436. The Morgan fingerprint density at radius 2 is 1.71 bits per heavy atom. The Hall–Kier alpha value is -2.75. The van der Waals surface area contributed by atoms with Crippen LogP contribution >= 0.6 is 0 Å². The molecule has 0 aliphatic heterocycles. The van der Waals surface area contributed by atoms with Crippen LogP contribution in [0, 0.1) is 11.3 Å². The van der Waals surface area contributed by atoms with E-state index in [0.29, 0.717) is 25.0 Å². The van der Waals surface area contributed by atoms with Gasteiger partial charge in [0.25, 0.3) is 0 Å². The summed E-state index contributed by atoms with van der Waals surface area (Å²) in [6.07, 6.45) is -6.24. The Labute approximate surface area is 218 Å². The zero-order chi connectivity index (χ0) is 27.9. The van der Waals surface area contributed by atoms with Gasteiger partial charge in [0, 0.05) is 18.6 Å². The molecule has 0 heterocycles. The smallest absolute Gasteiger partial charge is 0.416 e. The Morgan fingerprint density at radius 3 is 2.29 bits per heavy atom. The summed E-state index contributed by atoms with van der Waals surface area (Å²) in [7, 11) is 1.65. The monoisotopic (exact) mass is 542 g/mol. The van der Waals surface area contributed by atoms with E-state index in [2.05, 4.69) is 16.7 Å². The molecule has 4 nitrogen and oxygen atoms in total. The van der Waals surface area contributed by atoms with Crippen molar-refractivity contribution in [1.29, 1.82) is 0 Å². The van der Waals surface area contributed by atoms with E-state index < -0.39 is 35.4 Å². The van der Waals surface area contributed by atoms with Gasteiger partial charge in [0.1, 0.15) is 5.75 Å². The number of carbonyl (C=O) groups excluding carboxylic acids is 1. The van der Waals surface area contributed by atoms with Gasteiger partial charge in [-0.3, -0.25) is 4.79 Å². The lowest BCUT2D eigenvalue weighted by Gasteiger charge is -2.33. The summed E-state index contributed by atoms with van der Waals surface area (Å²) in [4.78, 5) is 13.4. The molecule has 2 N–H and O–H groups in total. The molecule has 3 atom stereocenters. The van der Waals surface area contributed by atoms with Gasteiger partial charge >= 0.3 is 12.4 Å². The highest BCUT2D eigenvalue weighted by molar-refractivity contribution is 5.83. The van der Waals surface area contributed by atoms with Crippen molar-refractivity contribution in [3.63, 3.8) is 0 Å². The molecule has 1 saturated carbocycles. The molecule has 1 fully saturated rings. The number of methoxy groups -OCH3 is 1. The Kier molecular flexibility index (Phi) is 7.76. The predicted molar refractivity (Wildman–Crippen MR) is 130 cm³/mol. The number of hydrogen-bond donors (Lipinski definition) is 2. The molecule has 2 aromatic rings. The van der Waals surface area contributed by atoms with Crippen LogP contribution in [0.2, 0.25) is 0 Å². The maximum atomic E-state index is 13.4. The molecule has 208 valence electrons. The van der Waals surface area contributed by atoms with E-state index in [1.807, 2.05) is 26.0 Å². The van der Waals surface area contributed by atoms with Crippen molar-refractivity contribution in [2.24, 2.45) is 11.3 Å². The number of ether oxygens (including phenoxy) is 1. The van der Waals surface area contributed by atoms with E-state index in [9.17, 15) is 31.1 Å². The van der Waals surface area contributed by atoms with Gasteiger partial charge in [0.2, 0.25) is 5.91 Å². The third-order valence-electron chi connectivity index (χ3n) is 8.09. The summed E-state index contributed by atoms with van der Waals surface area (Å²) in [5.41, 5.74) is -1.45. The zero-order valence-electron chi connectivity index (χ0n) is 21.5. The van der Waals surface area contributed by atoms with Gasteiger partial charge < -0.3 is 15.4 Å². The third-order valence-corrected chi connectivity index (χ3v) is 8.09. The highest BCUT2D eigenvalue weighted by Crippen LogP contribution is 2.46. The SMILES string of the molecule is COc1cccc2c1CCC2N[C@@H]1CC[C@@](C(=O)NCc2cc(C(F)(F)F)cc(C(F)(F)F)c2)(C(C)C)C1. The van der Waals surface area contributed by atoms with E-state index in [1.165, 1.54) is 11.1 Å². The van der Waals surface area contributed by atoms with Crippen LogP contribution in [-0.2, 0) is 30.1 Å². The number of alkyl halides is 6.